The van der Waals surface area contributed by atoms with Crippen molar-refractivity contribution in [2.24, 2.45) is 0 Å². The highest BCUT2D eigenvalue weighted by molar-refractivity contribution is 6.76. The Bertz CT molecular complexity index is 1270. The highest BCUT2D eigenvalue weighted by atomic mass is 28.3. The van der Waals surface area contributed by atoms with Crippen molar-refractivity contribution >= 4 is 33.0 Å². The molecule has 0 unspecified atom stereocenters. The zero-order chi connectivity index (χ0) is 27.3. The molecule has 0 saturated carbocycles. The summed E-state index contributed by atoms with van der Waals surface area (Å²) in [7, 11) is -2.46. The Labute approximate surface area is 227 Å². The van der Waals surface area contributed by atoms with Gasteiger partial charge < -0.3 is 19.1 Å². The molecule has 38 heavy (non-hydrogen) atoms. The Morgan fingerprint density at radius 1 is 0.921 bits per heavy atom. The van der Waals surface area contributed by atoms with Crippen LogP contribution >= 0.6 is 0 Å². The molecule has 3 heterocycles. The van der Waals surface area contributed by atoms with E-state index in [0.29, 0.717) is 44.5 Å². The summed E-state index contributed by atoms with van der Waals surface area (Å²) >= 11 is 0. The average molecular weight is 558 g/mol. The van der Waals surface area contributed by atoms with Crippen LogP contribution in [0.1, 0.15) is 0 Å². The fraction of sp³-hybridized carbons (Fsp3) is 0.593. The first-order chi connectivity index (χ1) is 18.0. The molecule has 0 amide bonds. The molecular weight excluding hydrogens is 515 g/mol. The minimum atomic E-state index is -1.24. The zero-order valence-corrected chi connectivity index (χ0v) is 25.8. The molecule has 1 aromatic carbocycles. The molecule has 11 heteroatoms. The monoisotopic (exact) mass is 557 g/mol. The summed E-state index contributed by atoms with van der Waals surface area (Å²) in [5.74, 6) is 1.33. The van der Waals surface area contributed by atoms with Crippen molar-refractivity contribution in [3.63, 3.8) is 0 Å². The van der Waals surface area contributed by atoms with E-state index in [1.54, 1.807) is 0 Å². The van der Waals surface area contributed by atoms with E-state index >= 15 is 0 Å². The number of imidazole rings is 1. The lowest BCUT2D eigenvalue weighted by Crippen LogP contribution is -2.39. The van der Waals surface area contributed by atoms with Gasteiger partial charge in [-0.2, -0.15) is 0 Å². The van der Waals surface area contributed by atoms with Gasteiger partial charge >= 0.3 is 0 Å². The normalized spacial score (nSPS) is 14.9. The molecule has 4 rings (SSSR count). The Hall–Kier alpha value is -2.32. The molecule has 0 atom stereocenters. The van der Waals surface area contributed by atoms with Gasteiger partial charge in [0.2, 0.25) is 0 Å². The van der Waals surface area contributed by atoms with Crippen LogP contribution < -0.4 is 10.5 Å². The summed E-state index contributed by atoms with van der Waals surface area (Å²) in [5, 5.41) is 4.70. The van der Waals surface area contributed by atoms with Crippen molar-refractivity contribution in [2.75, 3.05) is 44.4 Å². The van der Waals surface area contributed by atoms with Gasteiger partial charge in [0, 0.05) is 42.5 Å². The van der Waals surface area contributed by atoms with Crippen molar-refractivity contribution in [1.82, 2.24) is 19.3 Å². The minimum Gasteiger partial charge on any atom is -0.378 e. The maximum atomic E-state index is 13.8. The largest absolute Gasteiger partial charge is 0.378 e. The standard InChI is InChI=1S/C27H43N5O4Si2/c1-37(2,3)17-15-35-20-31-24-10-8-7-9-23(24)28-26(31)22-19-25(30-11-13-34-14-12-30)29-32(27(22)33)21-36-16-18-38(4,5)6/h7-10,19H,11-18,20-21H2,1-6H3. The molecule has 0 spiro atoms. The van der Waals surface area contributed by atoms with Gasteiger partial charge in [-0.25, -0.2) is 9.67 Å². The second-order valence-corrected chi connectivity index (χ2v) is 23.6. The Morgan fingerprint density at radius 2 is 1.55 bits per heavy atom. The molecule has 9 nitrogen and oxygen atoms in total. The lowest BCUT2D eigenvalue weighted by atomic mass is 10.2. The second kappa shape index (κ2) is 12.2. The van der Waals surface area contributed by atoms with Crippen LogP contribution in [-0.4, -0.2) is 75.0 Å². The Kier molecular flexibility index (Phi) is 9.25. The summed E-state index contributed by atoms with van der Waals surface area (Å²) in [4.78, 5) is 20.8. The van der Waals surface area contributed by atoms with Crippen molar-refractivity contribution in [3.05, 3.63) is 40.7 Å². The molecule has 1 aliphatic heterocycles. The number of benzene rings is 1. The van der Waals surface area contributed by atoms with Gasteiger partial charge in [0.05, 0.1) is 29.8 Å². The molecule has 208 valence electrons. The van der Waals surface area contributed by atoms with Crippen LogP contribution in [0, 0.1) is 0 Å². The van der Waals surface area contributed by atoms with Crippen molar-refractivity contribution in [3.8, 4) is 11.4 Å². The topological polar surface area (TPSA) is 83.6 Å². The van der Waals surface area contributed by atoms with Gasteiger partial charge in [-0.05, 0) is 30.3 Å². The third-order valence-corrected chi connectivity index (χ3v) is 10.0. The van der Waals surface area contributed by atoms with E-state index in [1.165, 1.54) is 4.68 Å². The number of fused-ring (bicyclic) bond motifs is 1. The first kappa shape index (κ1) is 28.7. The molecule has 0 radical (unpaired) electrons. The Morgan fingerprint density at radius 3 is 2.21 bits per heavy atom. The minimum absolute atomic E-state index is 0.113. The van der Waals surface area contributed by atoms with Crippen LogP contribution in [0.15, 0.2) is 35.1 Å². The summed E-state index contributed by atoms with van der Waals surface area (Å²) in [5.41, 5.74) is 2.06. The zero-order valence-electron chi connectivity index (χ0n) is 23.8. The maximum absolute atomic E-state index is 13.8. The first-order valence-corrected chi connectivity index (χ1v) is 21.0. The summed E-state index contributed by atoms with van der Waals surface area (Å²) < 4.78 is 21.1. The molecular formula is C27H43N5O4Si2. The fourth-order valence-corrected chi connectivity index (χ4v) is 5.71. The number of nitrogens with zero attached hydrogens (tertiary/aromatic N) is 5. The summed E-state index contributed by atoms with van der Waals surface area (Å²) in [6, 6.07) is 11.9. The molecule has 2 aromatic heterocycles. The van der Waals surface area contributed by atoms with E-state index in [-0.39, 0.29) is 12.3 Å². The fourth-order valence-electron chi connectivity index (χ4n) is 4.20. The van der Waals surface area contributed by atoms with Gasteiger partial charge in [0.1, 0.15) is 25.1 Å². The van der Waals surface area contributed by atoms with E-state index in [1.807, 2.05) is 34.9 Å². The number of hydrogen-bond acceptors (Lipinski definition) is 7. The van der Waals surface area contributed by atoms with Crippen LogP contribution in [0.25, 0.3) is 22.4 Å². The van der Waals surface area contributed by atoms with Crippen LogP contribution in [0.3, 0.4) is 0 Å². The second-order valence-electron chi connectivity index (χ2n) is 12.4. The smallest absolute Gasteiger partial charge is 0.280 e. The van der Waals surface area contributed by atoms with Crippen LogP contribution in [0.2, 0.25) is 51.4 Å². The van der Waals surface area contributed by atoms with E-state index in [4.69, 9.17) is 24.3 Å². The van der Waals surface area contributed by atoms with Crippen LogP contribution in [-0.2, 0) is 27.7 Å². The highest BCUT2D eigenvalue weighted by Crippen LogP contribution is 2.25. The lowest BCUT2D eigenvalue weighted by molar-refractivity contribution is 0.0748. The van der Waals surface area contributed by atoms with Crippen molar-refractivity contribution < 1.29 is 14.2 Å². The van der Waals surface area contributed by atoms with E-state index in [9.17, 15) is 4.79 Å². The van der Waals surface area contributed by atoms with E-state index in [0.717, 1.165) is 42.0 Å². The molecule has 3 aromatic rings. The maximum Gasteiger partial charge on any atom is 0.280 e. The van der Waals surface area contributed by atoms with Crippen molar-refractivity contribution in [1.29, 1.82) is 0 Å². The van der Waals surface area contributed by atoms with Crippen LogP contribution in [0.5, 0.6) is 0 Å². The van der Waals surface area contributed by atoms with Crippen LogP contribution in [0.4, 0.5) is 5.82 Å². The highest BCUT2D eigenvalue weighted by Gasteiger charge is 2.22. The third-order valence-electron chi connectivity index (χ3n) is 6.62. The molecule has 1 aliphatic rings. The number of rotatable bonds is 12. The number of hydrogen-bond donors (Lipinski definition) is 0. The number of aromatic nitrogens is 4. The van der Waals surface area contributed by atoms with Crippen molar-refractivity contribution in [2.45, 2.75) is 64.8 Å². The van der Waals surface area contributed by atoms with E-state index < -0.39 is 16.1 Å². The van der Waals surface area contributed by atoms with Gasteiger partial charge in [-0.1, -0.05) is 51.4 Å². The van der Waals surface area contributed by atoms with Gasteiger partial charge in [-0.15, -0.1) is 5.10 Å². The van der Waals surface area contributed by atoms with Gasteiger partial charge in [0.25, 0.3) is 5.56 Å². The Balaban J connectivity index is 1.71. The SMILES string of the molecule is C[Si](C)(C)CCOCn1nc(N2CCOCC2)cc(-c2nc3ccccc3n2COCC[Si](C)(C)C)c1=O. The molecule has 0 N–H and O–H groups in total. The quantitative estimate of drug-likeness (QED) is 0.235. The number of anilines is 1. The van der Waals surface area contributed by atoms with Gasteiger partial charge in [-0.3, -0.25) is 9.36 Å². The summed E-state index contributed by atoms with van der Waals surface area (Å²) in [6.45, 7) is 18.4. The molecule has 1 fully saturated rings. The number of ether oxygens (including phenoxy) is 3. The molecule has 0 aliphatic carbocycles. The number of morpholine rings is 1. The molecule has 0 bridgehead atoms. The average Bonchev–Trinajstić information content (AvgIpc) is 3.23. The third kappa shape index (κ3) is 7.63. The number of para-hydroxylation sites is 2. The van der Waals surface area contributed by atoms with E-state index in [2.05, 4.69) is 44.2 Å². The molecule has 1 saturated heterocycles. The predicted molar refractivity (Wildman–Crippen MR) is 158 cm³/mol. The van der Waals surface area contributed by atoms with Gasteiger partial charge in [0.15, 0.2) is 0 Å². The predicted octanol–water partition coefficient (Wildman–Crippen LogP) is 4.72. The first-order valence-electron chi connectivity index (χ1n) is 13.6. The lowest BCUT2D eigenvalue weighted by Gasteiger charge is -2.28. The summed E-state index contributed by atoms with van der Waals surface area (Å²) in [6.07, 6.45) is 0.